The minimum atomic E-state index is 0.933. The highest BCUT2D eigenvalue weighted by Crippen LogP contribution is 2.29. The van der Waals surface area contributed by atoms with Crippen LogP contribution in [0.25, 0.3) is 0 Å². The Kier molecular flexibility index (Phi) is 5.79. The third-order valence-electron chi connectivity index (χ3n) is 4.76. The van der Waals surface area contributed by atoms with Gasteiger partial charge in [-0.1, -0.05) is 32.6 Å². The summed E-state index contributed by atoms with van der Waals surface area (Å²) in [6.45, 7) is 7.37. The molecule has 100 valence electrons. The molecule has 0 spiro atoms. The lowest BCUT2D eigenvalue weighted by molar-refractivity contribution is 0.271. The average molecular weight is 238 g/mol. The van der Waals surface area contributed by atoms with Gasteiger partial charge >= 0.3 is 0 Å². The first-order chi connectivity index (χ1) is 8.34. The van der Waals surface area contributed by atoms with Crippen molar-refractivity contribution in [2.24, 2.45) is 17.8 Å². The first kappa shape index (κ1) is 13.4. The second-order valence-corrected chi connectivity index (χ2v) is 6.31. The SMILES string of the molecule is CC1CCC(CCNCC2CCNCC2)CC1. The third kappa shape index (κ3) is 4.97. The van der Waals surface area contributed by atoms with E-state index in [9.17, 15) is 0 Å². The molecule has 17 heavy (non-hydrogen) atoms. The van der Waals surface area contributed by atoms with E-state index >= 15 is 0 Å². The Bertz CT molecular complexity index is 191. The Labute approximate surface area is 107 Å². The zero-order valence-corrected chi connectivity index (χ0v) is 11.5. The van der Waals surface area contributed by atoms with Crippen LogP contribution in [0, 0.1) is 17.8 Å². The van der Waals surface area contributed by atoms with Crippen molar-refractivity contribution in [1.29, 1.82) is 0 Å². The van der Waals surface area contributed by atoms with Gasteiger partial charge in [0, 0.05) is 0 Å². The van der Waals surface area contributed by atoms with Crippen LogP contribution < -0.4 is 10.6 Å². The smallest absolute Gasteiger partial charge is 0.00196 e. The Balaban J connectivity index is 1.48. The molecule has 2 aliphatic rings. The summed E-state index contributed by atoms with van der Waals surface area (Å²) in [7, 11) is 0. The molecular weight excluding hydrogens is 208 g/mol. The number of nitrogens with one attached hydrogen (secondary N) is 2. The standard InChI is InChI=1S/C15H30N2/c1-13-2-4-14(5-3-13)6-11-17-12-15-7-9-16-10-8-15/h13-17H,2-12H2,1H3. The number of rotatable bonds is 5. The molecule has 2 N–H and O–H groups in total. The summed E-state index contributed by atoms with van der Waals surface area (Å²) < 4.78 is 0. The maximum atomic E-state index is 3.69. The lowest BCUT2D eigenvalue weighted by Gasteiger charge is -2.27. The lowest BCUT2D eigenvalue weighted by atomic mass is 9.81. The molecule has 1 saturated carbocycles. The highest BCUT2D eigenvalue weighted by molar-refractivity contribution is 4.73. The van der Waals surface area contributed by atoms with Crippen LogP contribution in [-0.2, 0) is 0 Å². The van der Waals surface area contributed by atoms with Crippen LogP contribution in [-0.4, -0.2) is 26.2 Å². The Morgan fingerprint density at radius 2 is 1.65 bits per heavy atom. The minimum absolute atomic E-state index is 0.933. The fourth-order valence-electron chi connectivity index (χ4n) is 3.32. The van der Waals surface area contributed by atoms with E-state index in [1.807, 2.05) is 0 Å². The molecule has 2 heteroatoms. The van der Waals surface area contributed by atoms with Crippen LogP contribution in [0.15, 0.2) is 0 Å². The van der Waals surface area contributed by atoms with E-state index in [0.29, 0.717) is 0 Å². The monoisotopic (exact) mass is 238 g/mol. The highest BCUT2D eigenvalue weighted by atomic mass is 14.9. The van der Waals surface area contributed by atoms with Gasteiger partial charge in [0.15, 0.2) is 0 Å². The summed E-state index contributed by atoms with van der Waals surface area (Å²) in [5.41, 5.74) is 0. The van der Waals surface area contributed by atoms with E-state index in [1.165, 1.54) is 71.1 Å². The van der Waals surface area contributed by atoms with Crippen molar-refractivity contribution in [2.45, 2.75) is 51.9 Å². The molecule has 0 amide bonds. The normalized spacial score (nSPS) is 31.6. The second-order valence-electron chi connectivity index (χ2n) is 6.31. The van der Waals surface area contributed by atoms with Crippen LogP contribution in [0.4, 0.5) is 0 Å². The van der Waals surface area contributed by atoms with E-state index in [4.69, 9.17) is 0 Å². The molecule has 1 aliphatic carbocycles. The second kappa shape index (κ2) is 7.38. The van der Waals surface area contributed by atoms with Gasteiger partial charge in [-0.25, -0.2) is 0 Å². The highest BCUT2D eigenvalue weighted by Gasteiger charge is 2.18. The fourth-order valence-corrected chi connectivity index (χ4v) is 3.32. The van der Waals surface area contributed by atoms with E-state index < -0.39 is 0 Å². The molecule has 0 aromatic rings. The van der Waals surface area contributed by atoms with Gasteiger partial charge in [-0.3, -0.25) is 0 Å². The number of hydrogen-bond acceptors (Lipinski definition) is 2. The molecule has 1 heterocycles. The van der Waals surface area contributed by atoms with Crippen molar-refractivity contribution in [1.82, 2.24) is 10.6 Å². The predicted molar refractivity (Wildman–Crippen MR) is 74.2 cm³/mol. The quantitative estimate of drug-likeness (QED) is 0.720. The van der Waals surface area contributed by atoms with Crippen molar-refractivity contribution in [2.75, 3.05) is 26.2 Å². The first-order valence-corrected chi connectivity index (χ1v) is 7.76. The van der Waals surface area contributed by atoms with Gasteiger partial charge < -0.3 is 10.6 Å². The zero-order valence-electron chi connectivity index (χ0n) is 11.5. The molecule has 0 atom stereocenters. The van der Waals surface area contributed by atoms with E-state index in [2.05, 4.69) is 17.6 Å². The van der Waals surface area contributed by atoms with Gasteiger partial charge in [-0.05, 0) is 63.2 Å². The van der Waals surface area contributed by atoms with Gasteiger partial charge in [0.1, 0.15) is 0 Å². The van der Waals surface area contributed by atoms with Crippen LogP contribution in [0.5, 0.6) is 0 Å². The molecule has 0 unspecified atom stereocenters. The summed E-state index contributed by atoms with van der Waals surface area (Å²) in [4.78, 5) is 0. The molecule has 1 aliphatic heterocycles. The molecule has 2 rings (SSSR count). The Hall–Kier alpha value is -0.0800. The van der Waals surface area contributed by atoms with Crippen LogP contribution in [0.3, 0.4) is 0 Å². The van der Waals surface area contributed by atoms with Crippen molar-refractivity contribution in [3.63, 3.8) is 0 Å². The fraction of sp³-hybridized carbons (Fsp3) is 1.00. The summed E-state index contributed by atoms with van der Waals surface area (Å²) in [5.74, 6) is 2.95. The van der Waals surface area contributed by atoms with Crippen molar-refractivity contribution >= 4 is 0 Å². The summed E-state index contributed by atoms with van der Waals surface area (Å²) in [6, 6.07) is 0. The van der Waals surface area contributed by atoms with E-state index in [-0.39, 0.29) is 0 Å². The van der Waals surface area contributed by atoms with Gasteiger partial charge in [-0.15, -0.1) is 0 Å². The number of piperidine rings is 1. The van der Waals surface area contributed by atoms with Gasteiger partial charge in [0.25, 0.3) is 0 Å². The topological polar surface area (TPSA) is 24.1 Å². The molecule has 0 bridgehead atoms. The summed E-state index contributed by atoms with van der Waals surface area (Å²) in [6.07, 6.45) is 10.1. The lowest BCUT2D eigenvalue weighted by Crippen LogP contribution is -2.34. The largest absolute Gasteiger partial charge is 0.317 e. The summed E-state index contributed by atoms with van der Waals surface area (Å²) in [5, 5.41) is 7.12. The molecule has 0 aromatic carbocycles. The van der Waals surface area contributed by atoms with E-state index in [0.717, 1.165) is 17.8 Å². The van der Waals surface area contributed by atoms with Crippen molar-refractivity contribution in [3.8, 4) is 0 Å². The van der Waals surface area contributed by atoms with Crippen LogP contribution in [0.1, 0.15) is 51.9 Å². The van der Waals surface area contributed by atoms with Gasteiger partial charge in [0.2, 0.25) is 0 Å². The maximum absolute atomic E-state index is 3.69. The van der Waals surface area contributed by atoms with E-state index in [1.54, 1.807) is 0 Å². The molecule has 0 radical (unpaired) electrons. The van der Waals surface area contributed by atoms with Crippen molar-refractivity contribution < 1.29 is 0 Å². The zero-order chi connectivity index (χ0) is 11.9. The minimum Gasteiger partial charge on any atom is -0.317 e. The molecule has 1 saturated heterocycles. The Morgan fingerprint density at radius 3 is 2.35 bits per heavy atom. The van der Waals surface area contributed by atoms with Gasteiger partial charge in [0.05, 0.1) is 0 Å². The van der Waals surface area contributed by atoms with Crippen LogP contribution in [0.2, 0.25) is 0 Å². The third-order valence-corrected chi connectivity index (χ3v) is 4.76. The predicted octanol–water partition coefficient (Wildman–Crippen LogP) is 2.79. The molecule has 0 aromatic heterocycles. The summed E-state index contributed by atoms with van der Waals surface area (Å²) >= 11 is 0. The molecule has 2 fully saturated rings. The van der Waals surface area contributed by atoms with Crippen LogP contribution >= 0.6 is 0 Å². The Morgan fingerprint density at radius 1 is 0.941 bits per heavy atom. The molecule has 2 nitrogen and oxygen atoms in total. The average Bonchev–Trinajstić information content (AvgIpc) is 2.38. The van der Waals surface area contributed by atoms with Gasteiger partial charge in [-0.2, -0.15) is 0 Å². The molecular formula is C15H30N2. The maximum Gasteiger partial charge on any atom is -0.00196 e. The van der Waals surface area contributed by atoms with Crippen molar-refractivity contribution in [3.05, 3.63) is 0 Å². The first-order valence-electron chi connectivity index (χ1n) is 7.76. The number of hydrogen-bond donors (Lipinski definition) is 2.